The Morgan fingerprint density at radius 3 is 2.65 bits per heavy atom. The predicted molar refractivity (Wildman–Crippen MR) is 74.3 cm³/mol. The van der Waals surface area contributed by atoms with Gasteiger partial charge in [0.05, 0.1) is 0 Å². The maximum Gasteiger partial charge on any atom is 0.0198 e. The number of likely N-dealkylation sites (N-methyl/N-ethyl adjacent to an activating group) is 1. The van der Waals surface area contributed by atoms with E-state index in [0.717, 1.165) is 12.1 Å². The quantitative estimate of drug-likeness (QED) is 0.813. The van der Waals surface area contributed by atoms with Gasteiger partial charge in [-0.25, -0.2) is 0 Å². The number of piperidine rings is 1. The SMILES string of the molecule is CCN1CCCC(NC2CCCC(C)(C)C2)C1. The van der Waals surface area contributed by atoms with Crippen molar-refractivity contribution >= 4 is 0 Å². The summed E-state index contributed by atoms with van der Waals surface area (Å²) in [6.07, 6.45) is 8.35. The highest BCUT2D eigenvalue weighted by Gasteiger charge is 2.30. The minimum absolute atomic E-state index is 0.565. The molecular weight excluding hydrogens is 208 g/mol. The fourth-order valence-electron chi connectivity index (χ4n) is 3.65. The maximum atomic E-state index is 3.94. The summed E-state index contributed by atoms with van der Waals surface area (Å²) in [5, 5.41) is 3.94. The molecule has 2 heteroatoms. The standard InChI is InChI=1S/C15H30N2/c1-4-17-10-6-8-14(12-17)16-13-7-5-9-15(2,3)11-13/h13-14,16H,4-12H2,1-3H3. The number of rotatable bonds is 3. The van der Waals surface area contributed by atoms with E-state index in [1.54, 1.807) is 0 Å². The third-order valence-electron chi connectivity index (χ3n) is 4.63. The molecule has 0 amide bonds. The number of hydrogen-bond acceptors (Lipinski definition) is 2. The molecule has 0 aromatic rings. The van der Waals surface area contributed by atoms with Gasteiger partial charge in [-0.05, 0) is 50.6 Å². The molecule has 2 atom stereocenters. The first-order valence-corrected chi connectivity index (χ1v) is 7.57. The first kappa shape index (κ1) is 13.4. The van der Waals surface area contributed by atoms with Crippen molar-refractivity contribution in [1.29, 1.82) is 0 Å². The molecule has 0 aromatic carbocycles. The van der Waals surface area contributed by atoms with Crippen molar-refractivity contribution in [3.05, 3.63) is 0 Å². The summed E-state index contributed by atoms with van der Waals surface area (Å²) in [6.45, 7) is 10.9. The summed E-state index contributed by atoms with van der Waals surface area (Å²) >= 11 is 0. The first-order valence-electron chi connectivity index (χ1n) is 7.57. The molecule has 1 aliphatic carbocycles. The molecule has 1 aliphatic heterocycles. The third-order valence-corrected chi connectivity index (χ3v) is 4.63. The van der Waals surface area contributed by atoms with Gasteiger partial charge in [-0.15, -0.1) is 0 Å². The van der Waals surface area contributed by atoms with Crippen molar-refractivity contribution in [2.45, 2.75) is 71.4 Å². The van der Waals surface area contributed by atoms with Crippen LogP contribution in [-0.4, -0.2) is 36.6 Å². The molecular formula is C15H30N2. The molecule has 0 radical (unpaired) electrons. The molecule has 1 heterocycles. The zero-order valence-corrected chi connectivity index (χ0v) is 12.0. The van der Waals surface area contributed by atoms with Crippen molar-refractivity contribution < 1.29 is 0 Å². The Kier molecular flexibility index (Phi) is 4.48. The molecule has 100 valence electrons. The van der Waals surface area contributed by atoms with Crippen molar-refractivity contribution in [3.8, 4) is 0 Å². The minimum Gasteiger partial charge on any atom is -0.310 e. The lowest BCUT2D eigenvalue weighted by molar-refractivity contribution is 0.151. The van der Waals surface area contributed by atoms with Gasteiger partial charge in [0.25, 0.3) is 0 Å². The van der Waals surface area contributed by atoms with Crippen molar-refractivity contribution in [2.24, 2.45) is 5.41 Å². The molecule has 2 fully saturated rings. The van der Waals surface area contributed by atoms with E-state index in [0.29, 0.717) is 5.41 Å². The van der Waals surface area contributed by atoms with Crippen LogP contribution < -0.4 is 5.32 Å². The molecule has 1 N–H and O–H groups in total. The van der Waals surface area contributed by atoms with E-state index in [1.807, 2.05) is 0 Å². The zero-order valence-electron chi connectivity index (χ0n) is 12.0. The molecule has 2 nitrogen and oxygen atoms in total. The van der Waals surface area contributed by atoms with Gasteiger partial charge in [-0.2, -0.15) is 0 Å². The normalized spacial score (nSPS) is 34.8. The minimum atomic E-state index is 0.565. The van der Waals surface area contributed by atoms with Gasteiger partial charge in [0, 0.05) is 18.6 Å². The Hall–Kier alpha value is -0.0800. The second-order valence-electron chi connectivity index (χ2n) is 6.86. The fourth-order valence-corrected chi connectivity index (χ4v) is 3.65. The van der Waals surface area contributed by atoms with Crippen molar-refractivity contribution in [1.82, 2.24) is 10.2 Å². The number of hydrogen-bond donors (Lipinski definition) is 1. The monoisotopic (exact) mass is 238 g/mol. The molecule has 2 unspecified atom stereocenters. The average Bonchev–Trinajstić information content (AvgIpc) is 2.28. The van der Waals surface area contributed by atoms with Crippen LogP contribution in [0.15, 0.2) is 0 Å². The summed E-state index contributed by atoms with van der Waals surface area (Å²) in [5.74, 6) is 0. The van der Waals surface area contributed by atoms with Gasteiger partial charge >= 0.3 is 0 Å². The fraction of sp³-hybridized carbons (Fsp3) is 1.00. The Balaban J connectivity index is 1.80. The van der Waals surface area contributed by atoms with Gasteiger partial charge in [-0.3, -0.25) is 0 Å². The zero-order chi connectivity index (χ0) is 12.3. The van der Waals surface area contributed by atoms with E-state index in [2.05, 4.69) is 31.0 Å². The highest BCUT2D eigenvalue weighted by atomic mass is 15.2. The van der Waals surface area contributed by atoms with Crippen molar-refractivity contribution in [2.75, 3.05) is 19.6 Å². The largest absolute Gasteiger partial charge is 0.310 e. The van der Waals surface area contributed by atoms with Gasteiger partial charge in [-0.1, -0.05) is 27.2 Å². The molecule has 0 bridgehead atoms. The van der Waals surface area contributed by atoms with E-state index < -0.39 is 0 Å². The Morgan fingerprint density at radius 1 is 1.18 bits per heavy atom. The predicted octanol–water partition coefficient (Wildman–Crippen LogP) is 3.03. The van der Waals surface area contributed by atoms with Crippen molar-refractivity contribution in [3.63, 3.8) is 0 Å². The molecule has 2 rings (SSSR count). The van der Waals surface area contributed by atoms with Crippen LogP contribution >= 0.6 is 0 Å². The van der Waals surface area contributed by atoms with Crippen LogP contribution in [0.1, 0.15) is 59.3 Å². The number of likely N-dealkylation sites (tertiary alicyclic amines) is 1. The topological polar surface area (TPSA) is 15.3 Å². The lowest BCUT2D eigenvalue weighted by atomic mass is 9.75. The maximum absolute atomic E-state index is 3.94. The second-order valence-corrected chi connectivity index (χ2v) is 6.86. The van der Waals surface area contributed by atoms with Crippen LogP contribution in [0.5, 0.6) is 0 Å². The number of nitrogens with zero attached hydrogens (tertiary/aromatic N) is 1. The van der Waals surface area contributed by atoms with Crippen LogP contribution in [0.2, 0.25) is 0 Å². The number of nitrogens with one attached hydrogen (secondary N) is 1. The van der Waals surface area contributed by atoms with Crippen LogP contribution in [-0.2, 0) is 0 Å². The summed E-state index contributed by atoms with van der Waals surface area (Å²) in [5.41, 5.74) is 0.565. The van der Waals surface area contributed by atoms with Crippen LogP contribution in [0.3, 0.4) is 0 Å². The Morgan fingerprint density at radius 2 is 1.94 bits per heavy atom. The second kappa shape index (κ2) is 5.71. The van der Waals surface area contributed by atoms with E-state index in [4.69, 9.17) is 0 Å². The van der Waals surface area contributed by atoms with Crippen LogP contribution in [0.25, 0.3) is 0 Å². The smallest absolute Gasteiger partial charge is 0.0198 e. The molecule has 2 aliphatic rings. The summed E-state index contributed by atoms with van der Waals surface area (Å²) < 4.78 is 0. The molecule has 1 saturated carbocycles. The Bertz CT molecular complexity index is 237. The van der Waals surface area contributed by atoms with Crippen LogP contribution in [0.4, 0.5) is 0 Å². The van der Waals surface area contributed by atoms with Gasteiger partial charge in [0.2, 0.25) is 0 Å². The summed E-state index contributed by atoms with van der Waals surface area (Å²) in [7, 11) is 0. The van der Waals surface area contributed by atoms with E-state index in [9.17, 15) is 0 Å². The molecule has 17 heavy (non-hydrogen) atoms. The van der Waals surface area contributed by atoms with Gasteiger partial charge in [0.15, 0.2) is 0 Å². The van der Waals surface area contributed by atoms with E-state index >= 15 is 0 Å². The lowest BCUT2D eigenvalue weighted by Gasteiger charge is -2.40. The summed E-state index contributed by atoms with van der Waals surface area (Å²) in [4.78, 5) is 2.59. The lowest BCUT2D eigenvalue weighted by Crippen LogP contribution is -2.50. The first-order chi connectivity index (χ1) is 8.09. The molecule has 1 saturated heterocycles. The van der Waals surface area contributed by atoms with E-state index in [1.165, 1.54) is 58.2 Å². The summed E-state index contributed by atoms with van der Waals surface area (Å²) in [6, 6.07) is 1.53. The van der Waals surface area contributed by atoms with Gasteiger partial charge < -0.3 is 10.2 Å². The molecule has 0 spiro atoms. The average molecular weight is 238 g/mol. The Labute approximate surface area is 107 Å². The third kappa shape index (κ3) is 3.96. The van der Waals surface area contributed by atoms with Crippen LogP contribution in [0, 0.1) is 5.41 Å². The van der Waals surface area contributed by atoms with Gasteiger partial charge in [0.1, 0.15) is 0 Å². The molecule has 0 aromatic heterocycles. The highest BCUT2D eigenvalue weighted by molar-refractivity contribution is 4.87. The highest BCUT2D eigenvalue weighted by Crippen LogP contribution is 2.35. The van der Waals surface area contributed by atoms with E-state index in [-0.39, 0.29) is 0 Å².